The third-order valence-corrected chi connectivity index (χ3v) is 5.03. The number of benzene rings is 1. The van der Waals surface area contributed by atoms with E-state index in [2.05, 4.69) is 13.8 Å². The number of carboxylic acid groups (broad SMARTS) is 1. The summed E-state index contributed by atoms with van der Waals surface area (Å²) >= 11 is 0. The molecule has 0 aliphatic rings. The van der Waals surface area contributed by atoms with Gasteiger partial charge in [0.25, 0.3) is 0 Å². The number of hydrogen-bond donors (Lipinski definition) is 1. The van der Waals surface area contributed by atoms with Crippen LogP contribution in [0.1, 0.15) is 31.9 Å². The van der Waals surface area contributed by atoms with Crippen molar-refractivity contribution in [2.75, 3.05) is 0 Å². The lowest BCUT2D eigenvalue weighted by atomic mass is 10.1. The van der Waals surface area contributed by atoms with Crippen LogP contribution in [0.25, 0.3) is 0 Å². The zero-order valence-electron chi connectivity index (χ0n) is 11.1. The second kappa shape index (κ2) is 6.69. The minimum Gasteiger partial charge on any atom is -0.481 e. The monoisotopic (exact) mass is 268 g/mol. The van der Waals surface area contributed by atoms with Gasteiger partial charge >= 0.3 is 5.97 Å². The normalized spacial score (nSPS) is 14.4. The zero-order valence-corrected chi connectivity index (χ0v) is 11.9. The largest absolute Gasteiger partial charge is 0.481 e. The van der Waals surface area contributed by atoms with E-state index in [-0.39, 0.29) is 11.7 Å². The first-order valence-corrected chi connectivity index (χ1v) is 7.45. The topological polar surface area (TPSA) is 54.4 Å². The molecule has 4 heteroatoms. The number of aliphatic carboxylic acids is 1. The molecule has 0 radical (unpaired) electrons. The number of rotatable bonds is 6. The molecule has 0 aliphatic heterocycles. The fraction of sp³-hybridized carbons (Fsp3) is 0.500. The molecule has 0 aromatic heterocycles. The minimum absolute atomic E-state index is 0.0335. The lowest BCUT2D eigenvalue weighted by molar-refractivity contribution is -0.136. The Balaban J connectivity index is 2.63. The zero-order chi connectivity index (χ0) is 13.7. The van der Waals surface area contributed by atoms with Crippen LogP contribution in [0.15, 0.2) is 24.3 Å². The van der Waals surface area contributed by atoms with E-state index >= 15 is 0 Å². The third kappa shape index (κ3) is 4.61. The fourth-order valence-corrected chi connectivity index (χ4v) is 2.92. The summed E-state index contributed by atoms with van der Waals surface area (Å²) < 4.78 is 12.0. The molecule has 0 aliphatic carbocycles. The van der Waals surface area contributed by atoms with E-state index < -0.39 is 16.8 Å². The Morgan fingerprint density at radius 3 is 2.11 bits per heavy atom. The van der Waals surface area contributed by atoms with Gasteiger partial charge in [-0.05, 0) is 17.0 Å². The Hall–Kier alpha value is -1.16. The van der Waals surface area contributed by atoms with Gasteiger partial charge in [0.1, 0.15) is 0 Å². The van der Waals surface area contributed by atoms with Gasteiger partial charge in [0.2, 0.25) is 0 Å². The van der Waals surface area contributed by atoms with Crippen LogP contribution in [0.3, 0.4) is 0 Å². The van der Waals surface area contributed by atoms with E-state index in [4.69, 9.17) is 5.11 Å². The molecule has 3 nitrogen and oxygen atoms in total. The van der Waals surface area contributed by atoms with Crippen molar-refractivity contribution in [3.63, 3.8) is 0 Å². The first-order chi connectivity index (χ1) is 8.40. The molecule has 0 heterocycles. The maximum Gasteiger partial charge on any atom is 0.307 e. The fourth-order valence-electron chi connectivity index (χ4n) is 1.53. The Labute approximate surface area is 111 Å². The Kier molecular flexibility index (Phi) is 5.54. The second-order valence-electron chi connectivity index (χ2n) is 4.86. The summed E-state index contributed by atoms with van der Waals surface area (Å²) in [6, 6.07) is 7.31. The van der Waals surface area contributed by atoms with Gasteiger partial charge in [0, 0.05) is 21.8 Å². The lowest BCUT2D eigenvalue weighted by Gasteiger charge is -2.15. The van der Waals surface area contributed by atoms with Crippen molar-refractivity contribution in [2.24, 2.45) is 5.92 Å². The van der Waals surface area contributed by atoms with Crippen LogP contribution in [0, 0.1) is 5.92 Å². The van der Waals surface area contributed by atoms with Gasteiger partial charge in [-0.3, -0.25) is 9.00 Å². The van der Waals surface area contributed by atoms with Crippen molar-refractivity contribution < 1.29 is 14.1 Å². The highest BCUT2D eigenvalue weighted by molar-refractivity contribution is 7.84. The van der Waals surface area contributed by atoms with E-state index in [9.17, 15) is 9.00 Å². The smallest absolute Gasteiger partial charge is 0.307 e. The maximum absolute atomic E-state index is 12.0. The highest BCUT2D eigenvalue weighted by Crippen LogP contribution is 2.14. The molecule has 18 heavy (non-hydrogen) atoms. The van der Waals surface area contributed by atoms with Crippen molar-refractivity contribution >= 4 is 16.8 Å². The molecule has 100 valence electrons. The molecule has 2 atom stereocenters. The van der Waals surface area contributed by atoms with Crippen LogP contribution in [0.4, 0.5) is 0 Å². The highest BCUT2D eigenvalue weighted by atomic mass is 32.2. The van der Waals surface area contributed by atoms with Crippen molar-refractivity contribution in [1.82, 2.24) is 0 Å². The molecule has 0 fully saturated rings. The average Bonchev–Trinajstić information content (AvgIpc) is 2.29. The molecule has 1 aromatic carbocycles. The molecule has 0 spiro atoms. The summed E-state index contributed by atoms with van der Waals surface area (Å²) in [6.45, 7) is 6.14. The Morgan fingerprint density at radius 2 is 1.67 bits per heavy atom. The lowest BCUT2D eigenvalue weighted by Crippen LogP contribution is -2.18. The molecule has 0 amide bonds. The van der Waals surface area contributed by atoms with Crippen molar-refractivity contribution in [1.29, 1.82) is 0 Å². The van der Waals surface area contributed by atoms with Crippen LogP contribution in [0.2, 0.25) is 0 Å². The van der Waals surface area contributed by atoms with Crippen LogP contribution < -0.4 is 0 Å². The predicted octanol–water partition coefficient (Wildman–Crippen LogP) is 2.61. The SMILES string of the molecule is CC(C)C(C)S(=O)Cc1ccc(CC(=O)O)cc1. The third-order valence-electron chi connectivity index (χ3n) is 3.04. The van der Waals surface area contributed by atoms with Crippen molar-refractivity contribution in [3.8, 4) is 0 Å². The summed E-state index contributed by atoms with van der Waals surface area (Å²) in [4.78, 5) is 10.5. The number of carboxylic acids is 1. The second-order valence-corrected chi connectivity index (χ2v) is 6.65. The van der Waals surface area contributed by atoms with Gasteiger partial charge in [-0.15, -0.1) is 0 Å². The average molecular weight is 268 g/mol. The number of hydrogen-bond acceptors (Lipinski definition) is 2. The predicted molar refractivity (Wildman–Crippen MR) is 73.9 cm³/mol. The van der Waals surface area contributed by atoms with Crippen LogP contribution in [-0.4, -0.2) is 20.5 Å². The molecular formula is C14H20O3S. The minimum atomic E-state index is -0.880. The van der Waals surface area contributed by atoms with E-state index in [0.717, 1.165) is 11.1 Å². The van der Waals surface area contributed by atoms with Crippen molar-refractivity contribution in [2.45, 2.75) is 38.2 Å². The quantitative estimate of drug-likeness (QED) is 0.863. The van der Waals surface area contributed by atoms with E-state index in [0.29, 0.717) is 11.7 Å². The Morgan fingerprint density at radius 1 is 1.17 bits per heavy atom. The maximum atomic E-state index is 12.0. The standard InChI is InChI=1S/C14H20O3S/c1-10(2)11(3)18(17)9-13-6-4-12(5-7-13)8-14(15)16/h4-7,10-11H,8-9H2,1-3H3,(H,15,16). The summed E-state index contributed by atoms with van der Waals surface area (Å²) in [5.74, 6) is 0.101. The first kappa shape index (κ1) is 14.9. The summed E-state index contributed by atoms with van der Waals surface area (Å²) in [6.07, 6.45) is 0.0335. The highest BCUT2D eigenvalue weighted by Gasteiger charge is 2.15. The molecule has 0 saturated carbocycles. The molecule has 1 rings (SSSR count). The molecule has 1 aromatic rings. The van der Waals surface area contributed by atoms with E-state index in [1.165, 1.54) is 0 Å². The number of carbonyl (C=O) groups is 1. The van der Waals surface area contributed by atoms with Gasteiger partial charge in [-0.1, -0.05) is 45.0 Å². The van der Waals surface area contributed by atoms with Crippen LogP contribution >= 0.6 is 0 Å². The van der Waals surface area contributed by atoms with Gasteiger partial charge in [-0.2, -0.15) is 0 Å². The van der Waals surface area contributed by atoms with Crippen LogP contribution in [-0.2, 0) is 27.8 Å². The summed E-state index contributed by atoms with van der Waals surface area (Å²) in [5, 5.41) is 8.84. The molecule has 2 unspecified atom stereocenters. The van der Waals surface area contributed by atoms with Gasteiger partial charge in [0.15, 0.2) is 0 Å². The van der Waals surface area contributed by atoms with E-state index in [1.807, 2.05) is 19.1 Å². The van der Waals surface area contributed by atoms with Gasteiger partial charge < -0.3 is 5.11 Å². The van der Waals surface area contributed by atoms with E-state index in [1.54, 1.807) is 12.1 Å². The summed E-state index contributed by atoms with van der Waals surface area (Å²) in [5.41, 5.74) is 1.77. The Bertz CT molecular complexity index is 423. The summed E-state index contributed by atoms with van der Waals surface area (Å²) in [7, 11) is -0.880. The van der Waals surface area contributed by atoms with Crippen LogP contribution in [0.5, 0.6) is 0 Å². The molecule has 1 N–H and O–H groups in total. The van der Waals surface area contributed by atoms with Gasteiger partial charge in [0.05, 0.1) is 6.42 Å². The molecule has 0 bridgehead atoms. The first-order valence-electron chi connectivity index (χ1n) is 6.07. The van der Waals surface area contributed by atoms with Crippen molar-refractivity contribution in [3.05, 3.63) is 35.4 Å². The van der Waals surface area contributed by atoms with Gasteiger partial charge in [-0.25, -0.2) is 0 Å². The molecule has 0 saturated heterocycles. The molecular weight excluding hydrogens is 248 g/mol.